The minimum Gasteiger partial charge on any atom is -0.255 e. The number of nitrogens with one attached hydrogen (secondary N) is 1. The first-order valence-electron chi connectivity index (χ1n) is 5.94. The molecular formula is C11H21NO3S. The largest absolute Gasteiger partial charge is 0.336 e. The molecule has 2 fully saturated rings. The predicted molar refractivity (Wildman–Crippen MR) is 62.1 cm³/mol. The SMILES string of the molecule is CC(C)(C)C[C@@H]1CC2C[C@H](C1)OS(=O)(=O)N2. The molecule has 1 aliphatic heterocycles. The van der Waals surface area contributed by atoms with E-state index in [0.29, 0.717) is 11.3 Å². The van der Waals surface area contributed by atoms with Crippen molar-refractivity contribution >= 4 is 10.3 Å². The quantitative estimate of drug-likeness (QED) is 0.769. The van der Waals surface area contributed by atoms with Gasteiger partial charge in [0.05, 0.1) is 6.10 Å². The Morgan fingerprint density at radius 3 is 2.50 bits per heavy atom. The number of fused-ring (bicyclic) bond motifs is 2. The molecule has 0 aromatic heterocycles. The summed E-state index contributed by atoms with van der Waals surface area (Å²) < 4.78 is 30.3. The van der Waals surface area contributed by atoms with E-state index in [1.807, 2.05) is 0 Å². The zero-order chi connectivity index (χ0) is 12.0. The smallest absolute Gasteiger partial charge is 0.255 e. The van der Waals surface area contributed by atoms with E-state index in [9.17, 15) is 8.42 Å². The van der Waals surface area contributed by atoms with E-state index in [-0.39, 0.29) is 12.1 Å². The van der Waals surface area contributed by atoms with Gasteiger partial charge in [0.25, 0.3) is 0 Å². The molecule has 1 aliphatic carbocycles. The highest BCUT2D eigenvalue weighted by Gasteiger charge is 2.39. The van der Waals surface area contributed by atoms with Gasteiger partial charge in [-0.3, -0.25) is 4.18 Å². The zero-order valence-electron chi connectivity index (χ0n) is 10.2. The second kappa shape index (κ2) is 3.96. The van der Waals surface area contributed by atoms with Crippen LogP contribution in [0.15, 0.2) is 0 Å². The van der Waals surface area contributed by atoms with Gasteiger partial charge in [-0.05, 0) is 37.0 Å². The maximum Gasteiger partial charge on any atom is 0.336 e. The molecule has 94 valence electrons. The molecule has 5 heteroatoms. The van der Waals surface area contributed by atoms with E-state index in [2.05, 4.69) is 25.5 Å². The van der Waals surface area contributed by atoms with Gasteiger partial charge in [-0.15, -0.1) is 0 Å². The standard InChI is InChI=1S/C11H21NO3S/c1-11(2,3)7-8-4-9-6-10(5-8)15-16(13,14)12-9/h8-10,12H,4-7H2,1-3H3/t8-,9?,10+/m1/s1. The van der Waals surface area contributed by atoms with Crippen molar-refractivity contribution < 1.29 is 12.6 Å². The summed E-state index contributed by atoms with van der Waals surface area (Å²) >= 11 is 0. The summed E-state index contributed by atoms with van der Waals surface area (Å²) in [6.45, 7) is 6.67. The minimum absolute atomic E-state index is 0.0878. The van der Waals surface area contributed by atoms with Gasteiger partial charge >= 0.3 is 10.3 Å². The summed E-state index contributed by atoms with van der Waals surface area (Å²) in [5, 5.41) is 0. The van der Waals surface area contributed by atoms with Crippen LogP contribution in [0.2, 0.25) is 0 Å². The molecule has 1 saturated heterocycles. The summed E-state index contributed by atoms with van der Waals surface area (Å²) in [6, 6.07) is 0.0878. The van der Waals surface area contributed by atoms with Crippen molar-refractivity contribution in [2.45, 2.75) is 58.6 Å². The number of rotatable bonds is 1. The Morgan fingerprint density at radius 2 is 1.94 bits per heavy atom. The van der Waals surface area contributed by atoms with Crippen molar-refractivity contribution in [3.05, 3.63) is 0 Å². The van der Waals surface area contributed by atoms with Crippen molar-refractivity contribution in [2.24, 2.45) is 11.3 Å². The third-order valence-corrected chi connectivity index (χ3v) is 4.38. The minimum atomic E-state index is -3.46. The molecule has 2 rings (SSSR count). The van der Waals surface area contributed by atoms with Crippen LogP contribution in [0.25, 0.3) is 0 Å². The molecule has 1 saturated carbocycles. The summed E-state index contributed by atoms with van der Waals surface area (Å²) in [7, 11) is -3.46. The average molecular weight is 247 g/mol. The third-order valence-electron chi connectivity index (χ3n) is 3.24. The van der Waals surface area contributed by atoms with Gasteiger partial charge in [0.2, 0.25) is 0 Å². The van der Waals surface area contributed by atoms with Gasteiger partial charge in [0.1, 0.15) is 0 Å². The van der Waals surface area contributed by atoms with Crippen LogP contribution in [0.1, 0.15) is 46.5 Å². The highest BCUT2D eigenvalue weighted by atomic mass is 32.2. The normalized spacial score (nSPS) is 38.3. The van der Waals surface area contributed by atoms with Gasteiger partial charge in [0.15, 0.2) is 0 Å². The van der Waals surface area contributed by atoms with Crippen LogP contribution in [0, 0.1) is 11.3 Å². The fourth-order valence-corrected chi connectivity index (χ4v) is 4.17. The third kappa shape index (κ3) is 3.18. The Kier molecular flexibility index (Phi) is 3.05. The van der Waals surface area contributed by atoms with Crippen LogP contribution in [0.5, 0.6) is 0 Å². The summed E-state index contributed by atoms with van der Waals surface area (Å²) in [4.78, 5) is 0. The fraction of sp³-hybridized carbons (Fsp3) is 1.00. The first-order valence-corrected chi connectivity index (χ1v) is 7.35. The monoisotopic (exact) mass is 247 g/mol. The lowest BCUT2D eigenvalue weighted by Gasteiger charge is -2.40. The fourth-order valence-electron chi connectivity index (χ4n) is 3.00. The highest BCUT2D eigenvalue weighted by molar-refractivity contribution is 7.84. The molecule has 1 heterocycles. The van der Waals surface area contributed by atoms with Crippen molar-refractivity contribution in [2.75, 3.05) is 0 Å². The van der Waals surface area contributed by atoms with Crippen molar-refractivity contribution in [1.82, 2.24) is 4.72 Å². The van der Waals surface area contributed by atoms with E-state index in [0.717, 1.165) is 25.7 Å². The van der Waals surface area contributed by atoms with Gasteiger partial charge < -0.3 is 0 Å². The second-order valence-corrected chi connectivity index (χ2v) is 7.66. The maximum absolute atomic E-state index is 11.3. The van der Waals surface area contributed by atoms with E-state index in [1.54, 1.807) is 0 Å². The number of hydrogen-bond acceptors (Lipinski definition) is 3. The van der Waals surface area contributed by atoms with E-state index in [1.165, 1.54) is 0 Å². The van der Waals surface area contributed by atoms with Gasteiger partial charge in [-0.2, -0.15) is 13.1 Å². The van der Waals surface area contributed by atoms with E-state index >= 15 is 0 Å². The highest BCUT2D eigenvalue weighted by Crippen LogP contribution is 2.37. The van der Waals surface area contributed by atoms with Crippen molar-refractivity contribution in [1.29, 1.82) is 0 Å². The summed E-state index contributed by atoms with van der Waals surface area (Å²) in [5.41, 5.74) is 0.301. The molecule has 16 heavy (non-hydrogen) atoms. The van der Waals surface area contributed by atoms with E-state index < -0.39 is 10.3 Å². The van der Waals surface area contributed by atoms with Crippen molar-refractivity contribution in [3.8, 4) is 0 Å². The van der Waals surface area contributed by atoms with Crippen LogP contribution in [-0.4, -0.2) is 20.6 Å². The molecular weight excluding hydrogens is 226 g/mol. The molecule has 0 amide bonds. The first kappa shape index (κ1) is 12.3. The Balaban J connectivity index is 2.00. The molecule has 0 aromatic carbocycles. The van der Waals surface area contributed by atoms with Crippen LogP contribution < -0.4 is 4.72 Å². The lowest BCUT2D eigenvalue weighted by molar-refractivity contribution is 0.0723. The van der Waals surface area contributed by atoms with Crippen LogP contribution in [0.3, 0.4) is 0 Å². The van der Waals surface area contributed by atoms with Crippen LogP contribution in [0.4, 0.5) is 0 Å². The molecule has 0 spiro atoms. The number of hydrogen-bond donors (Lipinski definition) is 1. The molecule has 0 aromatic rings. The molecule has 3 atom stereocenters. The predicted octanol–water partition coefficient (Wildman–Crippen LogP) is 1.82. The lowest BCUT2D eigenvalue weighted by Crippen LogP contribution is -2.50. The van der Waals surface area contributed by atoms with Crippen molar-refractivity contribution in [3.63, 3.8) is 0 Å². The zero-order valence-corrected chi connectivity index (χ0v) is 11.0. The molecule has 0 radical (unpaired) electrons. The molecule has 4 nitrogen and oxygen atoms in total. The second-order valence-electron chi connectivity index (χ2n) is 6.33. The average Bonchev–Trinajstić information content (AvgIpc) is 1.94. The van der Waals surface area contributed by atoms with Gasteiger partial charge in [-0.1, -0.05) is 20.8 Å². The van der Waals surface area contributed by atoms with Gasteiger partial charge in [-0.25, -0.2) is 0 Å². The van der Waals surface area contributed by atoms with Crippen LogP contribution in [-0.2, 0) is 14.5 Å². The Bertz CT molecular complexity index is 338. The maximum atomic E-state index is 11.3. The molecule has 1 unspecified atom stereocenters. The molecule has 1 N–H and O–H groups in total. The van der Waals surface area contributed by atoms with Gasteiger partial charge in [0, 0.05) is 6.04 Å². The topological polar surface area (TPSA) is 55.4 Å². The molecule has 2 aliphatic rings. The molecule has 2 bridgehead atoms. The summed E-state index contributed by atoms with van der Waals surface area (Å²) in [6.07, 6.45) is 3.70. The van der Waals surface area contributed by atoms with E-state index in [4.69, 9.17) is 4.18 Å². The van der Waals surface area contributed by atoms with Crippen LogP contribution >= 0.6 is 0 Å². The Hall–Kier alpha value is -0.130. The lowest BCUT2D eigenvalue weighted by atomic mass is 9.75. The Labute approximate surface area is 98.0 Å². The summed E-state index contributed by atoms with van der Waals surface area (Å²) in [5.74, 6) is 0.576. The Morgan fingerprint density at radius 1 is 1.25 bits per heavy atom. The first-order chi connectivity index (χ1) is 7.23.